The molecule has 2 heteroatoms. The van der Waals surface area contributed by atoms with Crippen LogP contribution in [0.2, 0.25) is 0 Å². The maximum atomic E-state index is 8.99. The highest BCUT2D eigenvalue weighted by atomic mass is 16.2. The van der Waals surface area contributed by atoms with Gasteiger partial charge in [-0.1, -0.05) is 13.8 Å². The number of aliphatic hydroxyl groups is 1. The Morgan fingerprint density at radius 1 is 1.00 bits per heavy atom. The molecule has 2 nitrogen and oxygen atoms in total. The minimum absolute atomic E-state index is 0.331. The molecule has 4 rings (SSSR count). The maximum Gasteiger partial charge on any atom is 0.0431 e. The largest absolute Gasteiger partial charge is 0.396 e. The molecule has 19 heavy (non-hydrogen) atoms. The lowest BCUT2D eigenvalue weighted by Gasteiger charge is -2.55. The van der Waals surface area contributed by atoms with E-state index in [1.807, 2.05) is 0 Å². The first-order valence-electron chi connectivity index (χ1n) is 8.41. The van der Waals surface area contributed by atoms with Gasteiger partial charge in [0.25, 0.3) is 0 Å². The molecule has 0 amide bonds. The predicted molar refractivity (Wildman–Crippen MR) is 78.9 cm³/mol. The standard InChI is InChI=1S/C17H31NO/c1-17(2,4-3-5-19)11-18-16-14-7-12-6-13(9-14)10-15(16)8-12/h12-16,18-19H,3-11H2,1-2H3. The maximum absolute atomic E-state index is 8.99. The van der Waals surface area contributed by atoms with Crippen molar-refractivity contribution in [3.8, 4) is 0 Å². The molecule has 0 spiro atoms. The Bertz CT molecular complexity index is 284. The van der Waals surface area contributed by atoms with Crippen LogP contribution in [0.1, 0.15) is 58.8 Å². The summed E-state index contributed by atoms with van der Waals surface area (Å²) in [6.07, 6.45) is 9.62. The highest BCUT2D eigenvalue weighted by Crippen LogP contribution is 2.53. The summed E-state index contributed by atoms with van der Waals surface area (Å²) >= 11 is 0. The molecule has 4 fully saturated rings. The van der Waals surface area contributed by atoms with Crippen LogP contribution in [0, 0.1) is 29.1 Å². The highest BCUT2D eigenvalue weighted by Gasteiger charge is 2.48. The van der Waals surface area contributed by atoms with Gasteiger partial charge in [-0.15, -0.1) is 0 Å². The number of rotatable bonds is 6. The first-order valence-corrected chi connectivity index (χ1v) is 8.41. The third kappa shape index (κ3) is 3.00. The average Bonchev–Trinajstić information content (AvgIpc) is 2.35. The SMILES string of the molecule is CC(C)(CCCO)CNC1C2CC3CC(C2)CC1C3. The van der Waals surface area contributed by atoms with Crippen molar-refractivity contribution in [2.75, 3.05) is 13.2 Å². The minimum Gasteiger partial charge on any atom is -0.396 e. The molecule has 4 bridgehead atoms. The fourth-order valence-corrected chi connectivity index (χ4v) is 5.30. The predicted octanol–water partition coefficient (Wildman–Crippen LogP) is 3.20. The van der Waals surface area contributed by atoms with E-state index in [0.29, 0.717) is 12.0 Å². The number of hydrogen-bond acceptors (Lipinski definition) is 2. The highest BCUT2D eigenvalue weighted by molar-refractivity contribution is 5.01. The van der Waals surface area contributed by atoms with Gasteiger partial charge in [-0.05, 0) is 74.0 Å². The lowest BCUT2D eigenvalue weighted by molar-refractivity contribution is -0.0168. The molecule has 0 unspecified atom stereocenters. The topological polar surface area (TPSA) is 32.3 Å². The molecule has 0 aromatic rings. The molecule has 0 aliphatic heterocycles. The van der Waals surface area contributed by atoms with E-state index < -0.39 is 0 Å². The van der Waals surface area contributed by atoms with Crippen LogP contribution >= 0.6 is 0 Å². The van der Waals surface area contributed by atoms with E-state index in [2.05, 4.69) is 19.2 Å². The summed E-state index contributed by atoms with van der Waals surface area (Å²) < 4.78 is 0. The van der Waals surface area contributed by atoms with Crippen molar-refractivity contribution in [1.29, 1.82) is 0 Å². The molecule has 4 aliphatic rings. The van der Waals surface area contributed by atoms with Gasteiger partial charge in [0, 0.05) is 19.2 Å². The summed E-state index contributed by atoms with van der Waals surface area (Å²) in [6, 6.07) is 0.807. The zero-order chi connectivity index (χ0) is 13.5. The number of hydrogen-bond donors (Lipinski definition) is 2. The second-order valence-corrected chi connectivity index (χ2v) is 8.33. The fraction of sp³-hybridized carbons (Fsp3) is 1.00. The molecule has 0 heterocycles. The summed E-state index contributed by atoms with van der Waals surface area (Å²) in [7, 11) is 0. The summed E-state index contributed by atoms with van der Waals surface area (Å²) in [4.78, 5) is 0. The van der Waals surface area contributed by atoms with Gasteiger partial charge in [-0.3, -0.25) is 0 Å². The van der Waals surface area contributed by atoms with Gasteiger partial charge < -0.3 is 10.4 Å². The molecular formula is C17H31NO. The number of nitrogens with one attached hydrogen (secondary N) is 1. The van der Waals surface area contributed by atoms with Gasteiger partial charge in [0.1, 0.15) is 0 Å². The van der Waals surface area contributed by atoms with E-state index in [4.69, 9.17) is 5.11 Å². The lowest BCUT2D eigenvalue weighted by atomic mass is 9.54. The summed E-state index contributed by atoms with van der Waals surface area (Å²) in [5, 5.41) is 12.9. The molecule has 110 valence electrons. The zero-order valence-electron chi connectivity index (χ0n) is 12.7. The van der Waals surface area contributed by atoms with Crippen molar-refractivity contribution in [3.63, 3.8) is 0 Å². The van der Waals surface area contributed by atoms with Crippen LogP contribution in [0.4, 0.5) is 0 Å². The number of aliphatic hydroxyl groups excluding tert-OH is 1. The Kier molecular flexibility index (Phi) is 3.92. The van der Waals surface area contributed by atoms with Crippen LogP contribution < -0.4 is 5.32 Å². The van der Waals surface area contributed by atoms with E-state index in [0.717, 1.165) is 49.1 Å². The van der Waals surface area contributed by atoms with Gasteiger partial charge in [0.2, 0.25) is 0 Å². The normalized spacial score (nSPS) is 40.9. The van der Waals surface area contributed by atoms with Crippen molar-refractivity contribution >= 4 is 0 Å². The van der Waals surface area contributed by atoms with Gasteiger partial charge in [0.05, 0.1) is 0 Å². The Hall–Kier alpha value is -0.0800. The van der Waals surface area contributed by atoms with Crippen LogP contribution in [-0.2, 0) is 0 Å². The molecule has 2 N–H and O–H groups in total. The second-order valence-electron chi connectivity index (χ2n) is 8.33. The zero-order valence-corrected chi connectivity index (χ0v) is 12.7. The Labute approximate surface area is 118 Å². The van der Waals surface area contributed by atoms with Crippen LogP contribution in [0.3, 0.4) is 0 Å². The van der Waals surface area contributed by atoms with E-state index in [1.54, 1.807) is 6.42 Å². The van der Waals surface area contributed by atoms with Gasteiger partial charge in [0.15, 0.2) is 0 Å². The van der Waals surface area contributed by atoms with E-state index in [9.17, 15) is 0 Å². The first-order chi connectivity index (χ1) is 9.07. The first kappa shape index (κ1) is 13.9. The van der Waals surface area contributed by atoms with Gasteiger partial charge in [-0.25, -0.2) is 0 Å². The molecule has 4 aliphatic carbocycles. The third-order valence-electron chi connectivity index (χ3n) is 6.05. The molecule has 0 saturated heterocycles. The van der Waals surface area contributed by atoms with Gasteiger partial charge >= 0.3 is 0 Å². The Balaban J connectivity index is 1.53. The molecule has 4 saturated carbocycles. The van der Waals surface area contributed by atoms with Gasteiger partial charge in [-0.2, -0.15) is 0 Å². The van der Waals surface area contributed by atoms with Crippen LogP contribution in [-0.4, -0.2) is 24.3 Å². The third-order valence-corrected chi connectivity index (χ3v) is 6.05. The smallest absolute Gasteiger partial charge is 0.0431 e. The molecule has 0 aromatic carbocycles. The monoisotopic (exact) mass is 265 g/mol. The molecule has 0 atom stereocenters. The van der Waals surface area contributed by atoms with E-state index in [1.165, 1.54) is 25.7 Å². The van der Waals surface area contributed by atoms with Crippen molar-refractivity contribution in [2.45, 2.75) is 64.8 Å². The van der Waals surface area contributed by atoms with Crippen LogP contribution in [0.5, 0.6) is 0 Å². The molecule has 0 radical (unpaired) electrons. The van der Waals surface area contributed by atoms with Crippen molar-refractivity contribution in [3.05, 3.63) is 0 Å². The van der Waals surface area contributed by atoms with Crippen LogP contribution in [0.25, 0.3) is 0 Å². The minimum atomic E-state index is 0.331. The summed E-state index contributed by atoms with van der Waals surface area (Å²) in [5.74, 6) is 4.10. The summed E-state index contributed by atoms with van der Waals surface area (Å²) in [6.45, 7) is 6.14. The quantitative estimate of drug-likeness (QED) is 0.773. The average molecular weight is 265 g/mol. The molecular weight excluding hydrogens is 234 g/mol. The van der Waals surface area contributed by atoms with Crippen molar-refractivity contribution in [1.82, 2.24) is 5.32 Å². The van der Waals surface area contributed by atoms with Crippen LogP contribution in [0.15, 0.2) is 0 Å². The summed E-state index contributed by atoms with van der Waals surface area (Å²) in [5.41, 5.74) is 0.331. The molecule has 0 aromatic heterocycles. The Morgan fingerprint density at radius 2 is 1.58 bits per heavy atom. The second kappa shape index (κ2) is 5.37. The van der Waals surface area contributed by atoms with Crippen molar-refractivity contribution < 1.29 is 5.11 Å². The van der Waals surface area contributed by atoms with E-state index in [-0.39, 0.29) is 0 Å². The Morgan fingerprint density at radius 3 is 2.11 bits per heavy atom. The fourth-order valence-electron chi connectivity index (χ4n) is 5.30. The van der Waals surface area contributed by atoms with E-state index >= 15 is 0 Å². The lowest BCUT2D eigenvalue weighted by Crippen LogP contribution is -2.55. The van der Waals surface area contributed by atoms with Crippen molar-refractivity contribution in [2.24, 2.45) is 29.1 Å².